The highest BCUT2D eigenvalue weighted by Crippen LogP contribution is 2.15. The molecule has 0 heterocycles. The number of nitrogens with one attached hydrogen (secondary N) is 1. The summed E-state index contributed by atoms with van der Waals surface area (Å²) < 4.78 is 5.90. The number of unbranched alkanes of at least 4 members (excludes halogenated alkanes) is 14. The largest absolute Gasteiger partial charge is 0.480 e. The van der Waals surface area contributed by atoms with Crippen molar-refractivity contribution in [2.75, 3.05) is 6.54 Å². The highest BCUT2D eigenvalue weighted by molar-refractivity contribution is 5.80. The predicted octanol–water partition coefficient (Wildman–Crippen LogP) is 13.2. The first-order chi connectivity index (χ1) is 26.0. The maximum absolute atomic E-state index is 12.7. The van der Waals surface area contributed by atoms with Crippen molar-refractivity contribution >= 4 is 17.8 Å². The quantitative estimate of drug-likeness (QED) is 0.0376. The van der Waals surface area contributed by atoms with Crippen LogP contribution in [0.15, 0.2) is 85.1 Å². The van der Waals surface area contributed by atoms with E-state index >= 15 is 0 Å². The normalized spacial score (nSPS) is 12.9. The zero-order valence-electron chi connectivity index (χ0n) is 33.8. The summed E-state index contributed by atoms with van der Waals surface area (Å²) in [6.45, 7) is 4.07. The number of ether oxygens (including phenoxy) is 1. The lowest BCUT2D eigenvalue weighted by molar-refractivity contribution is -0.147. The van der Waals surface area contributed by atoms with E-state index in [0.29, 0.717) is 12.8 Å². The topological polar surface area (TPSA) is 92.7 Å². The van der Waals surface area contributed by atoms with Crippen LogP contribution in [0.4, 0.5) is 0 Å². The number of hydrogen-bond donors (Lipinski definition) is 2. The number of hydrogen-bond acceptors (Lipinski definition) is 4. The average molecular weight is 736 g/mol. The van der Waals surface area contributed by atoms with Crippen LogP contribution >= 0.6 is 0 Å². The zero-order valence-corrected chi connectivity index (χ0v) is 33.8. The van der Waals surface area contributed by atoms with Crippen molar-refractivity contribution in [2.45, 2.75) is 187 Å². The van der Waals surface area contributed by atoms with Crippen LogP contribution in [-0.2, 0) is 19.1 Å². The third kappa shape index (κ3) is 41.2. The van der Waals surface area contributed by atoms with Gasteiger partial charge >= 0.3 is 11.9 Å². The molecule has 6 nitrogen and oxygen atoms in total. The van der Waals surface area contributed by atoms with Crippen molar-refractivity contribution in [1.29, 1.82) is 0 Å². The second-order valence-electron chi connectivity index (χ2n) is 13.9. The number of amides is 1. The van der Waals surface area contributed by atoms with Gasteiger partial charge in [-0.15, -0.1) is 0 Å². The van der Waals surface area contributed by atoms with Gasteiger partial charge in [0.2, 0.25) is 5.91 Å². The number of carbonyl (C=O) groups excluding carboxylic acids is 2. The van der Waals surface area contributed by atoms with Crippen LogP contribution in [0.5, 0.6) is 0 Å². The number of esters is 1. The van der Waals surface area contributed by atoms with E-state index in [2.05, 4.69) is 104 Å². The summed E-state index contributed by atoms with van der Waals surface area (Å²) >= 11 is 0. The maximum Gasteiger partial charge on any atom is 0.322 e. The molecule has 0 fully saturated rings. The molecule has 6 heteroatoms. The minimum atomic E-state index is -1.03. The summed E-state index contributed by atoms with van der Waals surface area (Å²) in [5.74, 6) is -1.36. The lowest BCUT2D eigenvalue weighted by atomic mass is 10.1. The van der Waals surface area contributed by atoms with Crippen molar-refractivity contribution in [2.24, 2.45) is 0 Å². The number of carboxylic acid groups (broad SMARTS) is 1. The Morgan fingerprint density at radius 1 is 0.528 bits per heavy atom. The van der Waals surface area contributed by atoms with Crippen LogP contribution in [0.1, 0.15) is 181 Å². The van der Waals surface area contributed by atoms with Crippen molar-refractivity contribution < 1.29 is 24.2 Å². The highest BCUT2D eigenvalue weighted by atomic mass is 16.5. The van der Waals surface area contributed by atoms with E-state index in [1.807, 2.05) is 0 Å². The maximum atomic E-state index is 12.7. The molecular weight excluding hydrogens is 659 g/mol. The summed E-state index contributed by atoms with van der Waals surface area (Å²) in [7, 11) is 0. The minimum absolute atomic E-state index is 0.109. The Labute approximate surface area is 325 Å². The zero-order chi connectivity index (χ0) is 38.7. The summed E-state index contributed by atoms with van der Waals surface area (Å²) in [6.07, 6.45) is 57.2. The first kappa shape index (κ1) is 49.6. The molecule has 0 saturated heterocycles. The van der Waals surface area contributed by atoms with E-state index in [9.17, 15) is 14.4 Å². The third-order valence-electron chi connectivity index (χ3n) is 8.79. The van der Waals surface area contributed by atoms with Crippen molar-refractivity contribution in [3.63, 3.8) is 0 Å². The predicted molar refractivity (Wildman–Crippen MR) is 226 cm³/mol. The summed E-state index contributed by atoms with van der Waals surface area (Å²) in [6, 6.07) is 0. The SMILES string of the molecule is CC/C=C\C/C=C\C/C=C\C/C=C\C/C=C\C/C=C\CCCCCCC(=O)OC(/C=C\CCCCCCCCC)CCCCCCC(=O)NCC(=O)O. The van der Waals surface area contributed by atoms with Gasteiger partial charge in [-0.05, 0) is 96.0 Å². The highest BCUT2D eigenvalue weighted by Gasteiger charge is 2.12. The molecule has 0 aromatic heterocycles. The molecule has 0 aromatic carbocycles. The number of aliphatic carboxylic acids is 1. The summed E-state index contributed by atoms with van der Waals surface area (Å²) in [4.78, 5) is 35.0. The monoisotopic (exact) mass is 736 g/mol. The summed E-state index contributed by atoms with van der Waals surface area (Å²) in [5, 5.41) is 11.1. The molecule has 0 spiro atoms. The third-order valence-corrected chi connectivity index (χ3v) is 8.79. The molecule has 53 heavy (non-hydrogen) atoms. The molecule has 1 amide bonds. The smallest absolute Gasteiger partial charge is 0.322 e. The van der Waals surface area contributed by atoms with Gasteiger partial charge in [-0.25, -0.2) is 0 Å². The van der Waals surface area contributed by atoms with Crippen LogP contribution < -0.4 is 5.32 Å². The van der Waals surface area contributed by atoms with E-state index < -0.39 is 5.97 Å². The summed E-state index contributed by atoms with van der Waals surface area (Å²) in [5.41, 5.74) is 0. The van der Waals surface area contributed by atoms with Crippen LogP contribution in [0.2, 0.25) is 0 Å². The van der Waals surface area contributed by atoms with Crippen LogP contribution in [0.3, 0.4) is 0 Å². The van der Waals surface area contributed by atoms with E-state index in [1.165, 1.54) is 44.9 Å². The molecule has 0 bridgehead atoms. The standard InChI is InChI=1S/C47H77NO5/c1-3-5-7-9-11-13-14-15-16-17-18-19-20-21-22-23-24-25-26-28-30-32-38-42-47(52)53-44(39-35-31-29-27-12-10-8-6-4-2)40-36-33-34-37-41-45(49)48-43-46(50)51/h5,7,11,13,15-16,18-19,21-22,24-25,35,39,44H,3-4,6,8-10,12,14,17,20,23,26-34,36-38,40-43H2,1-2H3,(H,48,49)(H,50,51)/b7-5-,13-11-,16-15-,19-18-,22-21-,25-24-,39-35-. The molecule has 0 rings (SSSR count). The van der Waals surface area contributed by atoms with Gasteiger partial charge in [0.05, 0.1) is 0 Å². The first-order valence-corrected chi connectivity index (χ1v) is 21.2. The van der Waals surface area contributed by atoms with Gasteiger partial charge < -0.3 is 15.2 Å². The Bertz CT molecular complexity index is 1080. The van der Waals surface area contributed by atoms with Crippen molar-refractivity contribution in [3.05, 3.63) is 85.1 Å². The fraction of sp³-hybridized carbons (Fsp3) is 0.638. The first-order valence-electron chi connectivity index (χ1n) is 21.2. The molecule has 300 valence electrons. The van der Waals surface area contributed by atoms with E-state index in [-0.39, 0.29) is 24.5 Å². The number of rotatable bonds is 37. The molecule has 0 aliphatic heterocycles. The van der Waals surface area contributed by atoms with Gasteiger partial charge in [0.1, 0.15) is 12.6 Å². The van der Waals surface area contributed by atoms with E-state index in [4.69, 9.17) is 9.84 Å². The van der Waals surface area contributed by atoms with Crippen LogP contribution in [-0.4, -0.2) is 35.6 Å². The molecule has 1 unspecified atom stereocenters. The molecule has 0 aromatic rings. The molecule has 0 aliphatic carbocycles. The Balaban J connectivity index is 4.17. The molecule has 0 saturated carbocycles. The van der Waals surface area contributed by atoms with Crippen LogP contribution in [0.25, 0.3) is 0 Å². The van der Waals surface area contributed by atoms with Gasteiger partial charge in [0, 0.05) is 12.8 Å². The van der Waals surface area contributed by atoms with Gasteiger partial charge in [0.15, 0.2) is 0 Å². The van der Waals surface area contributed by atoms with Crippen molar-refractivity contribution in [1.82, 2.24) is 5.32 Å². The van der Waals surface area contributed by atoms with Crippen molar-refractivity contribution in [3.8, 4) is 0 Å². The molecule has 1 atom stereocenters. The van der Waals surface area contributed by atoms with E-state index in [0.717, 1.165) is 109 Å². The molecule has 2 N–H and O–H groups in total. The fourth-order valence-corrected chi connectivity index (χ4v) is 5.66. The van der Waals surface area contributed by atoms with Gasteiger partial charge in [0.25, 0.3) is 0 Å². The number of allylic oxidation sites excluding steroid dienone is 13. The molecule has 0 radical (unpaired) electrons. The average Bonchev–Trinajstić information content (AvgIpc) is 3.14. The Hall–Kier alpha value is -3.41. The Kier molecular flexibility index (Phi) is 38.7. The Morgan fingerprint density at radius 3 is 1.53 bits per heavy atom. The Morgan fingerprint density at radius 2 is 0.981 bits per heavy atom. The molecular formula is C47H77NO5. The van der Waals surface area contributed by atoms with Gasteiger partial charge in [-0.2, -0.15) is 0 Å². The minimum Gasteiger partial charge on any atom is -0.480 e. The fourth-order valence-electron chi connectivity index (χ4n) is 5.66. The van der Waals surface area contributed by atoms with Gasteiger partial charge in [-0.1, -0.05) is 157 Å². The van der Waals surface area contributed by atoms with E-state index in [1.54, 1.807) is 0 Å². The molecule has 0 aliphatic rings. The number of carbonyl (C=O) groups is 3. The second-order valence-corrected chi connectivity index (χ2v) is 13.9. The second kappa shape index (κ2) is 41.3. The lowest BCUT2D eigenvalue weighted by Gasteiger charge is -2.15. The number of carboxylic acids is 1. The van der Waals surface area contributed by atoms with Gasteiger partial charge in [-0.3, -0.25) is 14.4 Å². The lowest BCUT2D eigenvalue weighted by Crippen LogP contribution is -2.28. The van der Waals surface area contributed by atoms with Crippen LogP contribution in [0, 0.1) is 0 Å².